The summed E-state index contributed by atoms with van der Waals surface area (Å²) in [6.45, 7) is 0.834. The van der Waals surface area contributed by atoms with Gasteiger partial charge in [0.15, 0.2) is 0 Å². The molecule has 1 aliphatic heterocycles. The molecule has 0 saturated heterocycles. The first-order chi connectivity index (χ1) is 14.2. The highest BCUT2D eigenvalue weighted by Crippen LogP contribution is 2.38. The third-order valence-corrected chi connectivity index (χ3v) is 4.68. The number of nitrogens with one attached hydrogen (secondary N) is 1. The number of hydrogen-bond acceptors (Lipinski definition) is 4. The van der Waals surface area contributed by atoms with Crippen molar-refractivity contribution < 1.29 is 27.5 Å². The summed E-state index contributed by atoms with van der Waals surface area (Å²) < 4.78 is 47.2. The molecule has 0 bridgehead atoms. The van der Waals surface area contributed by atoms with Gasteiger partial charge >= 0.3 is 11.8 Å². The van der Waals surface area contributed by atoms with Gasteiger partial charge in [-0.25, -0.2) is 4.99 Å². The molecular formula is C21H20F3N3O3. The Balaban J connectivity index is 2.03. The lowest BCUT2D eigenvalue weighted by Crippen LogP contribution is -2.63. The van der Waals surface area contributed by atoms with E-state index in [0.29, 0.717) is 11.3 Å². The van der Waals surface area contributed by atoms with E-state index in [0.717, 1.165) is 17.4 Å². The van der Waals surface area contributed by atoms with Crippen molar-refractivity contribution in [1.82, 2.24) is 10.2 Å². The summed E-state index contributed by atoms with van der Waals surface area (Å²) >= 11 is 0. The van der Waals surface area contributed by atoms with E-state index in [-0.39, 0.29) is 18.8 Å². The van der Waals surface area contributed by atoms with E-state index in [2.05, 4.69) is 4.99 Å². The highest BCUT2D eigenvalue weighted by atomic mass is 19.4. The molecule has 2 aromatic carbocycles. The molecule has 0 unspecified atom stereocenters. The monoisotopic (exact) mass is 419 g/mol. The molecule has 0 saturated carbocycles. The Bertz CT molecular complexity index is 976. The zero-order valence-corrected chi connectivity index (χ0v) is 16.4. The van der Waals surface area contributed by atoms with Crippen LogP contribution in [-0.4, -0.2) is 48.0 Å². The highest BCUT2D eigenvalue weighted by Gasteiger charge is 2.66. The molecule has 2 amide bonds. The summed E-state index contributed by atoms with van der Waals surface area (Å²) in [5.41, 5.74) is -2.29. The fourth-order valence-corrected chi connectivity index (χ4v) is 3.31. The van der Waals surface area contributed by atoms with Crippen molar-refractivity contribution >= 4 is 17.6 Å². The standard InChI is InChI=1S/C21H20F3N3O3/c1-14(28)25-20(21(22,23)24)19(29)27(18(26-20)16-9-4-3-5-10-16)13-12-15-8-6-7-11-17(15)30-2/h3-11H,12-13H2,1-2H3,(H,25,28)/t20-/m1/s1. The first-order valence-corrected chi connectivity index (χ1v) is 9.14. The number of halogens is 3. The summed E-state index contributed by atoms with van der Waals surface area (Å²) in [6.07, 6.45) is -4.88. The minimum absolute atomic E-state index is 0.0790. The van der Waals surface area contributed by atoms with Gasteiger partial charge < -0.3 is 10.1 Å². The predicted octanol–water partition coefficient (Wildman–Crippen LogP) is 2.92. The quantitative estimate of drug-likeness (QED) is 0.783. The second-order valence-corrected chi connectivity index (χ2v) is 6.71. The summed E-state index contributed by atoms with van der Waals surface area (Å²) in [6, 6.07) is 15.1. The van der Waals surface area contributed by atoms with Gasteiger partial charge in [-0.15, -0.1) is 0 Å². The van der Waals surface area contributed by atoms with Crippen LogP contribution in [0.4, 0.5) is 13.2 Å². The molecule has 6 nitrogen and oxygen atoms in total. The van der Waals surface area contributed by atoms with Crippen LogP contribution in [0.3, 0.4) is 0 Å². The van der Waals surface area contributed by atoms with Crippen molar-refractivity contribution in [2.24, 2.45) is 4.99 Å². The molecule has 9 heteroatoms. The van der Waals surface area contributed by atoms with Crippen molar-refractivity contribution in [3.63, 3.8) is 0 Å². The number of carbonyl (C=O) groups is 2. The number of alkyl halides is 3. The van der Waals surface area contributed by atoms with Gasteiger partial charge in [0.25, 0.3) is 5.91 Å². The maximum atomic E-state index is 14.0. The molecule has 3 rings (SSSR count). The van der Waals surface area contributed by atoms with E-state index in [4.69, 9.17) is 4.74 Å². The van der Waals surface area contributed by atoms with Gasteiger partial charge in [-0.3, -0.25) is 14.5 Å². The average Bonchev–Trinajstić information content (AvgIpc) is 2.99. The number of amidine groups is 1. The maximum absolute atomic E-state index is 14.0. The molecule has 1 heterocycles. The average molecular weight is 419 g/mol. The first kappa shape index (κ1) is 21.4. The zero-order chi connectivity index (χ0) is 21.9. The van der Waals surface area contributed by atoms with Gasteiger partial charge in [0, 0.05) is 19.0 Å². The Morgan fingerprint density at radius 2 is 1.77 bits per heavy atom. The van der Waals surface area contributed by atoms with Crippen molar-refractivity contribution in [3.8, 4) is 5.75 Å². The van der Waals surface area contributed by atoms with Gasteiger partial charge in [-0.2, -0.15) is 13.2 Å². The van der Waals surface area contributed by atoms with E-state index < -0.39 is 23.7 Å². The Hall–Kier alpha value is -3.36. The normalized spacial score (nSPS) is 18.9. The van der Waals surface area contributed by atoms with E-state index in [1.54, 1.807) is 59.9 Å². The molecule has 0 radical (unpaired) electrons. The molecule has 1 N–H and O–H groups in total. The molecule has 0 spiro atoms. The molecule has 30 heavy (non-hydrogen) atoms. The molecular weight excluding hydrogens is 399 g/mol. The predicted molar refractivity (Wildman–Crippen MR) is 104 cm³/mol. The summed E-state index contributed by atoms with van der Waals surface area (Å²) in [7, 11) is 1.49. The molecule has 0 fully saturated rings. The van der Waals surface area contributed by atoms with Crippen LogP contribution in [0.25, 0.3) is 0 Å². The summed E-state index contributed by atoms with van der Waals surface area (Å²) in [5.74, 6) is -1.95. The Morgan fingerprint density at radius 1 is 1.13 bits per heavy atom. The van der Waals surface area contributed by atoms with E-state index in [9.17, 15) is 22.8 Å². The molecule has 0 aromatic heterocycles. The topological polar surface area (TPSA) is 71.0 Å². The highest BCUT2D eigenvalue weighted by molar-refractivity contribution is 6.16. The zero-order valence-electron chi connectivity index (χ0n) is 16.4. The fourth-order valence-electron chi connectivity index (χ4n) is 3.31. The van der Waals surface area contributed by atoms with Crippen LogP contribution in [0.15, 0.2) is 59.6 Å². The minimum Gasteiger partial charge on any atom is -0.496 e. The lowest BCUT2D eigenvalue weighted by molar-refractivity contribution is -0.199. The summed E-state index contributed by atoms with van der Waals surface area (Å²) in [4.78, 5) is 29.2. The Labute approximate surface area is 171 Å². The smallest absolute Gasteiger partial charge is 0.442 e. The van der Waals surface area contributed by atoms with Crippen LogP contribution in [0.2, 0.25) is 0 Å². The molecule has 158 valence electrons. The molecule has 1 atom stereocenters. The van der Waals surface area contributed by atoms with Gasteiger partial charge in [0.05, 0.1) is 7.11 Å². The molecule has 1 aliphatic rings. The first-order valence-electron chi connectivity index (χ1n) is 9.14. The number of ether oxygens (including phenoxy) is 1. The van der Waals surface area contributed by atoms with Crippen molar-refractivity contribution in [2.75, 3.05) is 13.7 Å². The number of hydrogen-bond donors (Lipinski definition) is 1. The van der Waals surface area contributed by atoms with E-state index >= 15 is 0 Å². The second kappa shape index (κ2) is 8.17. The van der Waals surface area contributed by atoms with E-state index in [1.165, 1.54) is 7.11 Å². The van der Waals surface area contributed by atoms with Crippen LogP contribution < -0.4 is 10.1 Å². The minimum atomic E-state index is -5.12. The number of rotatable bonds is 6. The van der Waals surface area contributed by atoms with Crippen molar-refractivity contribution in [2.45, 2.75) is 25.2 Å². The number of carbonyl (C=O) groups excluding carboxylic acids is 2. The number of para-hydroxylation sites is 1. The van der Waals surface area contributed by atoms with Crippen LogP contribution in [0.1, 0.15) is 18.1 Å². The molecule has 0 aliphatic carbocycles. The molecule has 2 aromatic rings. The third kappa shape index (κ3) is 3.87. The number of methoxy groups -OCH3 is 1. The Kier molecular flexibility index (Phi) is 5.82. The fraction of sp³-hybridized carbons (Fsp3) is 0.286. The number of amides is 2. The lowest BCUT2D eigenvalue weighted by Gasteiger charge is -2.28. The number of aliphatic imine (C=N–C) groups is 1. The van der Waals surface area contributed by atoms with Gasteiger partial charge in [-0.1, -0.05) is 48.5 Å². The second-order valence-electron chi connectivity index (χ2n) is 6.71. The van der Waals surface area contributed by atoms with Gasteiger partial charge in [-0.05, 0) is 18.1 Å². The lowest BCUT2D eigenvalue weighted by atomic mass is 10.1. The third-order valence-electron chi connectivity index (χ3n) is 4.68. The summed E-state index contributed by atoms with van der Waals surface area (Å²) in [5, 5.41) is 1.73. The van der Waals surface area contributed by atoms with Crippen LogP contribution >= 0.6 is 0 Å². The van der Waals surface area contributed by atoms with Crippen LogP contribution in [0, 0.1) is 0 Å². The van der Waals surface area contributed by atoms with Gasteiger partial charge in [0.1, 0.15) is 11.6 Å². The maximum Gasteiger partial charge on any atom is 0.442 e. The Morgan fingerprint density at radius 3 is 2.37 bits per heavy atom. The van der Waals surface area contributed by atoms with Gasteiger partial charge in [0.2, 0.25) is 5.91 Å². The number of benzene rings is 2. The van der Waals surface area contributed by atoms with Crippen LogP contribution in [0.5, 0.6) is 5.75 Å². The van der Waals surface area contributed by atoms with Crippen molar-refractivity contribution in [3.05, 3.63) is 65.7 Å². The SMILES string of the molecule is COc1ccccc1CCN1C(=O)[C@](NC(C)=O)(C(F)(F)F)N=C1c1ccccc1. The van der Waals surface area contributed by atoms with Crippen LogP contribution in [-0.2, 0) is 16.0 Å². The number of nitrogens with zero attached hydrogens (tertiary/aromatic N) is 2. The largest absolute Gasteiger partial charge is 0.496 e. The van der Waals surface area contributed by atoms with Crippen molar-refractivity contribution in [1.29, 1.82) is 0 Å². The van der Waals surface area contributed by atoms with E-state index in [1.807, 2.05) is 0 Å².